The number of nitrogens with zero attached hydrogens (tertiary/aromatic N) is 1. The van der Waals surface area contributed by atoms with Crippen molar-refractivity contribution in [2.24, 2.45) is 5.41 Å². The molecule has 1 unspecified atom stereocenters. The molecule has 0 aliphatic carbocycles. The average Bonchev–Trinajstić information content (AvgIpc) is 2.77. The maximum atomic E-state index is 5.99. The van der Waals surface area contributed by atoms with Crippen molar-refractivity contribution >= 4 is 22.9 Å². The summed E-state index contributed by atoms with van der Waals surface area (Å²) in [6, 6.07) is 0. The lowest BCUT2D eigenvalue weighted by atomic mass is 9.85. The third-order valence-corrected chi connectivity index (χ3v) is 3.85. The number of hydrogen-bond acceptors (Lipinski definition) is 3. The molecule has 1 aromatic rings. The quantitative estimate of drug-likeness (QED) is 0.726. The Morgan fingerprint density at radius 1 is 1.69 bits per heavy atom. The minimum absolute atomic E-state index is 0.175. The van der Waals surface area contributed by atoms with E-state index in [4.69, 9.17) is 16.3 Å². The lowest BCUT2D eigenvalue weighted by Gasteiger charge is -2.22. The van der Waals surface area contributed by atoms with Gasteiger partial charge in [-0.05, 0) is 12.8 Å². The van der Waals surface area contributed by atoms with Gasteiger partial charge in [0.1, 0.15) is 0 Å². The maximum Gasteiger partial charge on any atom is 0.0794 e. The standard InChI is InChI=1S/C9H12ClNOS/c10-5-9(1-2-12-6-9)3-8-4-11-7-13-8/h4,7H,1-3,5-6H2. The maximum absolute atomic E-state index is 5.99. The second-order valence-corrected chi connectivity index (χ2v) is 4.82. The molecule has 0 bridgehead atoms. The third-order valence-electron chi connectivity index (χ3n) is 2.50. The molecule has 0 radical (unpaired) electrons. The van der Waals surface area contributed by atoms with Crippen molar-refractivity contribution in [3.05, 3.63) is 16.6 Å². The van der Waals surface area contributed by atoms with Crippen LogP contribution in [0.2, 0.25) is 0 Å². The summed E-state index contributed by atoms with van der Waals surface area (Å²) in [7, 11) is 0. The first kappa shape index (κ1) is 9.44. The van der Waals surface area contributed by atoms with Crippen LogP contribution < -0.4 is 0 Å². The van der Waals surface area contributed by atoms with E-state index >= 15 is 0 Å². The fourth-order valence-corrected chi connectivity index (χ4v) is 2.71. The highest BCUT2D eigenvalue weighted by molar-refractivity contribution is 7.09. The van der Waals surface area contributed by atoms with Gasteiger partial charge >= 0.3 is 0 Å². The predicted octanol–water partition coefficient (Wildman–Crippen LogP) is 2.33. The van der Waals surface area contributed by atoms with E-state index in [-0.39, 0.29) is 5.41 Å². The van der Waals surface area contributed by atoms with Gasteiger partial charge in [-0.25, -0.2) is 0 Å². The largest absolute Gasteiger partial charge is 0.381 e. The molecule has 1 fully saturated rings. The van der Waals surface area contributed by atoms with E-state index < -0.39 is 0 Å². The second kappa shape index (κ2) is 3.95. The number of rotatable bonds is 3. The number of alkyl halides is 1. The Bertz CT molecular complexity index is 257. The summed E-state index contributed by atoms with van der Waals surface area (Å²) in [6.07, 6.45) is 4.02. The van der Waals surface area contributed by atoms with Gasteiger partial charge in [-0.15, -0.1) is 22.9 Å². The molecule has 1 aromatic heterocycles. The summed E-state index contributed by atoms with van der Waals surface area (Å²) in [4.78, 5) is 5.38. The smallest absolute Gasteiger partial charge is 0.0794 e. The first-order valence-electron chi connectivity index (χ1n) is 4.36. The molecule has 1 aliphatic heterocycles. The normalized spacial score (nSPS) is 28.1. The fraction of sp³-hybridized carbons (Fsp3) is 0.667. The molecule has 2 nitrogen and oxygen atoms in total. The third kappa shape index (κ3) is 2.03. The van der Waals surface area contributed by atoms with Crippen molar-refractivity contribution in [3.8, 4) is 0 Å². The number of ether oxygens (including phenoxy) is 1. The Kier molecular flexibility index (Phi) is 2.86. The molecule has 0 aromatic carbocycles. The van der Waals surface area contributed by atoms with Crippen molar-refractivity contribution in [1.29, 1.82) is 0 Å². The molecule has 0 spiro atoms. The van der Waals surface area contributed by atoms with Gasteiger partial charge in [0.15, 0.2) is 0 Å². The van der Waals surface area contributed by atoms with Crippen molar-refractivity contribution in [2.45, 2.75) is 12.8 Å². The number of thiazole rings is 1. The van der Waals surface area contributed by atoms with Crippen LogP contribution in [0.1, 0.15) is 11.3 Å². The van der Waals surface area contributed by atoms with E-state index in [1.165, 1.54) is 4.88 Å². The molecule has 13 heavy (non-hydrogen) atoms. The molecular weight excluding hydrogens is 206 g/mol. The van der Waals surface area contributed by atoms with Crippen LogP contribution in [0.5, 0.6) is 0 Å². The summed E-state index contributed by atoms with van der Waals surface area (Å²) in [5.74, 6) is 0.685. The van der Waals surface area contributed by atoms with Crippen LogP contribution in [0.15, 0.2) is 11.7 Å². The summed E-state index contributed by atoms with van der Waals surface area (Å²) in [5.41, 5.74) is 2.04. The fourth-order valence-electron chi connectivity index (χ4n) is 1.64. The molecule has 0 N–H and O–H groups in total. The SMILES string of the molecule is ClCC1(Cc2cncs2)CCOC1. The van der Waals surface area contributed by atoms with Crippen molar-refractivity contribution in [2.75, 3.05) is 19.1 Å². The molecular formula is C9H12ClNOS. The number of aromatic nitrogens is 1. The summed E-state index contributed by atoms with van der Waals surface area (Å²) >= 11 is 7.68. The molecule has 72 valence electrons. The van der Waals surface area contributed by atoms with E-state index in [1.54, 1.807) is 11.3 Å². The summed E-state index contributed by atoms with van der Waals surface area (Å²) in [5, 5.41) is 0. The highest BCUT2D eigenvalue weighted by Gasteiger charge is 2.34. The molecule has 1 saturated heterocycles. The van der Waals surface area contributed by atoms with Crippen LogP contribution in [0.3, 0.4) is 0 Å². The van der Waals surface area contributed by atoms with Crippen molar-refractivity contribution < 1.29 is 4.74 Å². The Labute approximate surface area is 86.9 Å². The van der Waals surface area contributed by atoms with Crippen LogP contribution >= 0.6 is 22.9 Å². The zero-order valence-electron chi connectivity index (χ0n) is 7.33. The second-order valence-electron chi connectivity index (χ2n) is 3.58. The van der Waals surface area contributed by atoms with Crippen LogP contribution in [-0.2, 0) is 11.2 Å². The molecule has 1 aliphatic rings. The molecule has 0 amide bonds. The zero-order chi connectivity index (χ0) is 9.15. The van der Waals surface area contributed by atoms with Crippen LogP contribution in [0.4, 0.5) is 0 Å². The highest BCUT2D eigenvalue weighted by Crippen LogP contribution is 2.34. The van der Waals surface area contributed by atoms with Gasteiger partial charge in [-0.2, -0.15) is 0 Å². The monoisotopic (exact) mass is 217 g/mol. The van der Waals surface area contributed by atoms with Crippen LogP contribution in [-0.4, -0.2) is 24.1 Å². The van der Waals surface area contributed by atoms with Crippen LogP contribution in [0, 0.1) is 5.41 Å². The number of halogens is 1. The minimum atomic E-state index is 0.175. The van der Waals surface area contributed by atoms with Gasteiger partial charge in [-0.3, -0.25) is 4.98 Å². The molecule has 0 saturated carbocycles. The van der Waals surface area contributed by atoms with Gasteiger partial charge in [0.05, 0.1) is 12.1 Å². The van der Waals surface area contributed by atoms with Gasteiger partial charge in [0.2, 0.25) is 0 Å². The molecule has 2 rings (SSSR count). The van der Waals surface area contributed by atoms with E-state index in [0.29, 0.717) is 5.88 Å². The first-order chi connectivity index (χ1) is 6.35. The van der Waals surface area contributed by atoms with Crippen LogP contribution in [0.25, 0.3) is 0 Å². The Morgan fingerprint density at radius 3 is 3.15 bits per heavy atom. The molecule has 1 atom stereocenters. The van der Waals surface area contributed by atoms with Gasteiger partial charge in [-0.1, -0.05) is 0 Å². The topological polar surface area (TPSA) is 22.1 Å². The van der Waals surface area contributed by atoms with E-state index in [2.05, 4.69) is 4.98 Å². The van der Waals surface area contributed by atoms with Crippen molar-refractivity contribution in [3.63, 3.8) is 0 Å². The molecule has 4 heteroatoms. The number of hydrogen-bond donors (Lipinski definition) is 0. The van der Waals surface area contributed by atoms with Gasteiger partial charge in [0.25, 0.3) is 0 Å². The Balaban J connectivity index is 2.06. The average molecular weight is 218 g/mol. The summed E-state index contributed by atoms with van der Waals surface area (Å²) in [6.45, 7) is 1.65. The summed E-state index contributed by atoms with van der Waals surface area (Å²) < 4.78 is 5.40. The lowest BCUT2D eigenvalue weighted by Crippen LogP contribution is -2.25. The first-order valence-corrected chi connectivity index (χ1v) is 5.77. The van der Waals surface area contributed by atoms with Gasteiger partial charge in [0, 0.05) is 29.0 Å². The van der Waals surface area contributed by atoms with Crippen molar-refractivity contribution in [1.82, 2.24) is 4.98 Å². The van der Waals surface area contributed by atoms with E-state index in [1.807, 2.05) is 11.7 Å². The van der Waals surface area contributed by atoms with Gasteiger partial charge < -0.3 is 4.74 Å². The predicted molar refractivity (Wildman–Crippen MR) is 54.4 cm³/mol. The highest BCUT2D eigenvalue weighted by atomic mass is 35.5. The Morgan fingerprint density at radius 2 is 2.62 bits per heavy atom. The van der Waals surface area contributed by atoms with E-state index in [9.17, 15) is 0 Å². The minimum Gasteiger partial charge on any atom is -0.381 e. The Hall–Kier alpha value is -0.120. The van der Waals surface area contributed by atoms with E-state index in [0.717, 1.165) is 26.1 Å². The lowest BCUT2D eigenvalue weighted by molar-refractivity contribution is 0.161. The molecule has 2 heterocycles. The zero-order valence-corrected chi connectivity index (χ0v) is 8.90.